The van der Waals surface area contributed by atoms with Crippen molar-refractivity contribution in [3.05, 3.63) is 40.6 Å². The van der Waals surface area contributed by atoms with E-state index in [0.717, 1.165) is 10.2 Å². The Morgan fingerprint density at radius 3 is 2.92 bits per heavy atom. The summed E-state index contributed by atoms with van der Waals surface area (Å²) in [7, 11) is 0. The summed E-state index contributed by atoms with van der Waals surface area (Å²) in [5.41, 5.74) is 1.08. The molecule has 1 aromatic heterocycles. The van der Waals surface area contributed by atoms with Crippen molar-refractivity contribution in [2.45, 2.75) is 6.92 Å². The van der Waals surface area contributed by atoms with Crippen molar-refractivity contribution in [1.82, 2.24) is 4.98 Å². The molecule has 2 aromatic rings. The molecule has 0 saturated heterocycles. The number of hydrogen-bond acceptors (Lipinski definition) is 1. The molecular formula is C10H8BrN. The largest absolute Gasteiger partial charge is 0.261 e. The zero-order chi connectivity index (χ0) is 8.55. The Morgan fingerprint density at radius 2 is 2.08 bits per heavy atom. The van der Waals surface area contributed by atoms with E-state index < -0.39 is 0 Å². The maximum absolute atomic E-state index is 4.23. The number of benzene rings is 1. The average molecular weight is 222 g/mol. The highest BCUT2D eigenvalue weighted by molar-refractivity contribution is 9.10. The fourth-order valence-electron chi connectivity index (χ4n) is 1.29. The van der Waals surface area contributed by atoms with Crippen molar-refractivity contribution in [2.75, 3.05) is 0 Å². The van der Waals surface area contributed by atoms with Crippen LogP contribution in [0.25, 0.3) is 10.8 Å². The third-order valence-electron chi connectivity index (χ3n) is 1.93. The summed E-state index contributed by atoms with van der Waals surface area (Å²) in [5, 5.41) is 2.46. The van der Waals surface area contributed by atoms with Crippen LogP contribution in [0.1, 0.15) is 5.69 Å². The second-order valence-corrected chi connectivity index (χ2v) is 3.68. The predicted octanol–water partition coefficient (Wildman–Crippen LogP) is 3.31. The lowest BCUT2D eigenvalue weighted by Gasteiger charge is -2.00. The number of aryl methyl sites for hydroxylation is 1. The Hall–Kier alpha value is -0.890. The van der Waals surface area contributed by atoms with Crippen molar-refractivity contribution in [3.8, 4) is 0 Å². The average Bonchev–Trinajstić information content (AvgIpc) is 2.07. The molecule has 60 valence electrons. The van der Waals surface area contributed by atoms with Gasteiger partial charge in [-0.2, -0.15) is 0 Å². The minimum absolute atomic E-state index is 1.08. The summed E-state index contributed by atoms with van der Waals surface area (Å²) < 4.78 is 1.10. The monoisotopic (exact) mass is 221 g/mol. The smallest absolute Gasteiger partial charge is 0.0451 e. The number of fused-ring (bicyclic) bond motifs is 1. The third-order valence-corrected chi connectivity index (χ3v) is 2.42. The van der Waals surface area contributed by atoms with Crippen LogP contribution in [0.3, 0.4) is 0 Å². The van der Waals surface area contributed by atoms with Crippen LogP contribution in [0.2, 0.25) is 0 Å². The van der Waals surface area contributed by atoms with E-state index >= 15 is 0 Å². The van der Waals surface area contributed by atoms with E-state index in [-0.39, 0.29) is 0 Å². The second kappa shape index (κ2) is 2.87. The lowest BCUT2D eigenvalue weighted by molar-refractivity contribution is 1.24. The Labute approximate surface area is 79.6 Å². The number of nitrogens with zero attached hydrogens (tertiary/aromatic N) is 1. The van der Waals surface area contributed by atoms with E-state index in [1.165, 1.54) is 10.8 Å². The molecule has 2 rings (SSSR count). The maximum Gasteiger partial charge on any atom is 0.0451 e. The summed E-state index contributed by atoms with van der Waals surface area (Å²) in [6, 6.07) is 8.25. The van der Waals surface area contributed by atoms with Crippen molar-refractivity contribution in [3.63, 3.8) is 0 Å². The first-order valence-electron chi connectivity index (χ1n) is 3.78. The lowest BCUT2D eigenvalue weighted by atomic mass is 10.1. The van der Waals surface area contributed by atoms with Crippen LogP contribution < -0.4 is 0 Å². The molecule has 0 fully saturated rings. The standard InChI is InChI=1S/C10H8BrN/c1-7-10-6-9(11)3-2-8(10)4-5-12-7/h2-6H,1H3. The Morgan fingerprint density at radius 1 is 1.25 bits per heavy atom. The maximum atomic E-state index is 4.23. The van der Waals surface area contributed by atoms with Crippen LogP contribution >= 0.6 is 15.9 Å². The molecule has 1 nitrogen and oxygen atoms in total. The molecule has 0 N–H and O–H groups in total. The Kier molecular flexibility index (Phi) is 1.85. The summed E-state index contributed by atoms with van der Waals surface area (Å²) in [4.78, 5) is 4.23. The van der Waals surface area contributed by atoms with Gasteiger partial charge in [0.2, 0.25) is 0 Å². The van der Waals surface area contributed by atoms with E-state index in [9.17, 15) is 0 Å². The van der Waals surface area contributed by atoms with Crippen LogP contribution in [-0.2, 0) is 0 Å². The fourth-order valence-corrected chi connectivity index (χ4v) is 1.65. The molecule has 0 aliphatic rings. The number of hydrogen-bond donors (Lipinski definition) is 0. The third kappa shape index (κ3) is 1.23. The van der Waals surface area contributed by atoms with Crippen LogP contribution in [0.5, 0.6) is 0 Å². The van der Waals surface area contributed by atoms with Crippen molar-refractivity contribution >= 4 is 26.7 Å². The van der Waals surface area contributed by atoms with Gasteiger partial charge in [-0.1, -0.05) is 22.0 Å². The highest BCUT2D eigenvalue weighted by atomic mass is 79.9. The fraction of sp³-hybridized carbons (Fsp3) is 0.100. The van der Waals surface area contributed by atoms with Gasteiger partial charge in [0.15, 0.2) is 0 Å². The molecule has 1 aromatic carbocycles. The van der Waals surface area contributed by atoms with Crippen molar-refractivity contribution in [1.29, 1.82) is 0 Å². The SMILES string of the molecule is Cc1nccc2ccc(Br)cc12. The lowest BCUT2D eigenvalue weighted by Crippen LogP contribution is -1.82. The summed E-state index contributed by atoms with van der Waals surface area (Å²) >= 11 is 3.44. The minimum atomic E-state index is 1.08. The molecule has 0 aliphatic carbocycles. The zero-order valence-electron chi connectivity index (χ0n) is 6.71. The normalized spacial score (nSPS) is 10.5. The first-order valence-corrected chi connectivity index (χ1v) is 4.57. The molecule has 0 aliphatic heterocycles. The molecule has 2 heteroatoms. The van der Waals surface area contributed by atoms with Crippen LogP contribution in [0.4, 0.5) is 0 Å². The minimum Gasteiger partial charge on any atom is -0.261 e. The molecular weight excluding hydrogens is 214 g/mol. The predicted molar refractivity (Wildman–Crippen MR) is 54.2 cm³/mol. The summed E-state index contributed by atoms with van der Waals surface area (Å²) in [6.07, 6.45) is 1.84. The topological polar surface area (TPSA) is 12.9 Å². The van der Waals surface area contributed by atoms with Crippen LogP contribution in [0.15, 0.2) is 34.9 Å². The number of aromatic nitrogens is 1. The van der Waals surface area contributed by atoms with Gasteiger partial charge in [0.25, 0.3) is 0 Å². The molecule has 0 saturated carbocycles. The number of pyridine rings is 1. The molecule has 0 unspecified atom stereocenters. The van der Waals surface area contributed by atoms with Crippen molar-refractivity contribution < 1.29 is 0 Å². The Bertz CT molecular complexity index is 423. The zero-order valence-corrected chi connectivity index (χ0v) is 8.30. The summed E-state index contributed by atoms with van der Waals surface area (Å²) in [5.74, 6) is 0. The van der Waals surface area contributed by atoms with Gasteiger partial charge in [-0.15, -0.1) is 0 Å². The van der Waals surface area contributed by atoms with Gasteiger partial charge in [-0.05, 0) is 30.5 Å². The number of halogens is 1. The van der Waals surface area contributed by atoms with Gasteiger partial charge in [-0.3, -0.25) is 4.98 Å². The Balaban J connectivity index is 2.88. The van der Waals surface area contributed by atoms with E-state index in [4.69, 9.17) is 0 Å². The van der Waals surface area contributed by atoms with E-state index in [1.807, 2.05) is 25.3 Å². The number of rotatable bonds is 0. The molecule has 0 radical (unpaired) electrons. The van der Waals surface area contributed by atoms with Crippen LogP contribution in [-0.4, -0.2) is 4.98 Å². The van der Waals surface area contributed by atoms with Gasteiger partial charge in [0.1, 0.15) is 0 Å². The van der Waals surface area contributed by atoms with Gasteiger partial charge in [0.05, 0.1) is 0 Å². The molecule has 0 spiro atoms. The second-order valence-electron chi connectivity index (χ2n) is 2.76. The molecule has 0 amide bonds. The van der Waals surface area contributed by atoms with Gasteiger partial charge in [-0.25, -0.2) is 0 Å². The molecule has 12 heavy (non-hydrogen) atoms. The highest BCUT2D eigenvalue weighted by Crippen LogP contribution is 2.20. The molecule has 1 heterocycles. The van der Waals surface area contributed by atoms with Crippen LogP contribution in [0, 0.1) is 6.92 Å². The van der Waals surface area contributed by atoms with Gasteiger partial charge in [0, 0.05) is 21.7 Å². The summed E-state index contributed by atoms with van der Waals surface area (Å²) in [6.45, 7) is 2.02. The highest BCUT2D eigenvalue weighted by Gasteiger charge is 1.96. The van der Waals surface area contributed by atoms with Crippen molar-refractivity contribution in [2.24, 2.45) is 0 Å². The van der Waals surface area contributed by atoms with Gasteiger partial charge >= 0.3 is 0 Å². The molecule has 0 bridgehead atoms. The first-order chi connectivity index (χ1) is 5.77. The van der Waals surface area contributed by atoms with E-state index in [0.29, 0.717) is 0 Å². The van der Waals surface area contributed by atoms with E-state index in [2.05, 4.69) is 33.0 Å². The first kappa shape index (κ1) is 7.74. The van der Waals surface area contributed by atoms with E-state index in [1.54, 1.807) is 0 Å². The quantitative estimate of drug-likeness (QED) is 0.666. The molecule has 0 atom stereocenters. The van der Waals surface area contributed by atoms with Gasteiger partial charge < -0.3 is 0 Å².